The number of nitrogens with one attached hydrogen (secondary N) is 1. The molecule has 31 heavy (non-hydrogen) atoms. The number of carboxylic acids is 1. The van der Waals surface area contributed by atoms with Crippen molar-refractivity contribution >= 4 is 33.3 Å². The first-order chi connectivity index (χ1) is 14.6. The van der Waals surface area contributed by atoms with Crippen LogP contribution < -0.4 is 4.72 Å². The van der Waals surface area contributed by atoms with E-state index in [1.807, 2.05) is 0 Å². The lowest BCUT2D eigenvalue weighted by Gasteiger charge is -2.22. The van der Waals surface area contributed by atoms with Gasteiger partial charge in [-0.25, -0.2) is 17.8 Å². The van der Waals surface area contributed by atoms with Gasteiger partial charge in [-0.3, -0.25) is 14.3 Å². The number of nitrogens with zero attached hydrogens (tertiary/aromatic N) is 2. The quantitative estimate of drug-likeness (QED) is 0.645. The van der Waals surface area contributed by atoms with Gasteiger partial charge in [-0.2, -0.15) is 5.10 Å². The average Bonchev–Trinajstić information content (AvgIpc) is 3.12. The van der Waals surface area contributed by atoms with Gasteiger partial charge in [0.1, 0.15) is 5.82 Å². The summed E-state index contributed by atoms with van der Waals surface area (Å²) >= 11 is 0. The van der Waals surface area contributed by atoms with Gasteiger partial charge in [0.15, 0.2) is 0 Å². The van der Waals surface area contributed by atoms with Crippen molar-refractivity contribution in [3.05, 3.63) is 65.5 Å². The molecule has 1 atom stereocenters. The van der Waals surface area contributed by atoms with Gasteiger partial charge < -0.3 is 5.11 Å². The van der Waals surface area contributed by atoms with Gasteiger partial charge in [-0.1, -0.05) is 24.3 Å². The van der Waals surface area contributed by atoms with Gasteiger partial charge in [0.2, 0.25) is 15.9 Å². The fraction of sp³-hybridized carbons (Fsp3) is 0.286. The summed E-state index contributed by atoms with van der Waals surface area (Å²) in [6.07, 6.45) is 1.45. The van der Waals surface area contributed by atoms with E-state index in [-0.39, 0.29) is 25.2 Å². The molecule has 2 aromatic rings. The van der Waals surface area contributed by atoms with Crippen LogP contribution in [0.15, 0.2) is 53.6 Å². The number of halogens is 1. The number of rotatable bonds is 8. The van der Waals surface area contributed by atoms with E-state index in [2.05, 4.69) is 9.82 Å². The number of sulfonamides is 1. The summed E-state index contributed by atoms with van der Waals surface area (Å²) < 4.78 is 38.9. The van der Waals surface area contributed by atoms with E-state index in [1.165, 1.54) is 17.1 Å². The minimum absolute atomic E-state index is 0.00606. The number of amides is 1. The van der Waals surface area contributed by atoms with Crippen LogP contribution in [0.2, 0.25) is 0 Å². The van der Waals surface area contributed by atoms with Crippen LogP contribution in [0.3, 0.4) is 0 Å². The van der Waals surface area contributed by atoms with Crippen LogP contribution in [-0.4, -0.2) is 42.4 Å². The number of hydrogen-bond donors (Lipinski definition) is 2. The highest BCUT2D eigenvalue weighted by atomic mass is 32.2. The molecule has 3 rings (SSSR count). The Balaban J connectivity index is 1.85. The molecule has 1 heterocycles. The van der Waals surface area contributed by atoms with Crippen LogP contribution in [0.25, 0.3) is 0 Å². The molecule has 0 spiro atoms. The molecular formula is C21H22FN3O5S. The van der Waals surface area contributed by atoms with Crippen LogP contribution in [0, 0.1) is 5.82 Å². The van der Waals surface area contributed by atoms with Gasteiger partial charge in [0.25, 0.3) is 0 Å². The fourth-order valence-electron chi connectivity index (χ4n) is 3.34. The number of carbonyl (C=O) groups is 2. The first-order valence-electron chi connectivity index (χ1n) is 9.57. The molecule has 2 N–H and O–H groups in total. The SMILES string of the molecule is CS(=O)(=O)Nc1ccc(C2=NN(C(=O)CCCC(=O)O)[C@@H](c3cccc(F)c3)C2)cc1. The predicted molar refractivity (Wildman–Crippen MR) is 114 cm³/mol. The Bertz CT molecular complexity index is 1120. The number of benzene rings is 2. The zero-order valence-electron chi connectivity index (χ0n) is 16.8. The lowest BCUT2D eigenvalue weighted by Crippen LogP contribution is -2.27. The molecule has 1 amide bonds. The molecule has 1 aliphatic heterocycles. The van der Waals surface area contributed by atoms with E-state index in [0.29, 0.717) is 28.9 Å². The molecule has 2 aromatic carbocycles. The third-order valence-electron chi connectivity index (χ3n) is 4.70. The number of hydrogen-bond acceptors (Lipinski definition) is 5. The van der Waals surface area contributed by atoms with Gasteiger partial charge in [0.05, 0.1) is 18.0 Å². The number of carbonyl (C=O) groups excluding carboxylic acids is 1. The third-order valence-corrected chi connectivity index (χ3v) is 5.31. The van der Waals surface area contributed by atoms with Crippen LogP contribution in [0.4, 0.5) is 10.1 Å². The minimum Gasteiger partial charge on any atom is -0.481 e. The standard InChI is InChI=1S/C21H22FN3O5S/c1-31(29,30)24-17-10-8-14(9-11-17)18-13-19(15-4-2-5-16(22)12-15)25(23-18)20(26)6-3-7-21(27)28/h2,4-5,8-12,19,24H,3,6-7,13H2,1H3,(H,27,28)/t19-/m1/s1. The van der Waals surface area contributed by atoms with Crippen molar-refractivity contribution in [1.82, 2.24) is 5.01 Å². The largest absolute Gasteiger partial charge is 0.481 e. The number of anilines is 1. The van der Waals surface area contributed by atoms with Gasteiger partial charge in [-0.15, -0.1) is 0 Å². The van der Waals surface area contributed by atoms with Crippen molar-refractivity contribution < 1.29 is 27.5 Å². The Morgan fingerprint density at radius 2 is 1.90 bits per heavy atom. The van der Waals surface area contributed by atoms with E-state index in [4.69, 9.17) is 5.11 Å². The smallest absolute Gasteiger partial charge is 0.303 e. The molecule has 0 fully saturated rings. The van der Waals surface area contributed by atoms with Gasteiger partial charge in [0, 0.05) is 24.9 Å². The zero-order valence-corrected chi connectivity index (χ0v) is 17.6. The fourth-order valence-corrected chi connectivity index (χ4v) is 3.90. The van der Waals surface area contributed by atoms with Crippen LogP contribution >= 0.6 is 0 Å². The zero-order chi connectivity index (χ0) is 22.6. The normalized spacial score (nSPS) is 16.1. The molecule has 0 aliphatic carbocycles. The highest BCUT2D eigenvalue weighted by Crippen LogP contribution is 2.34. The number of hydrazone groups is 1. The first kappa shape index (κ1) is 22.4. The Hall–Kier alpha value is -3.27. The molecule has 1 aliphatic rings. The highest BCUT2D eigenvalue weighted by Gasteiger charge is 2.33. The van der Waals surface area contributed by atoms with Gasteiger partial charge in [-0.05, 0) is 41.8 Å². The maximum absolute atomic E-state index is 13.8. The van der Waals surface area contributed by atoms with Crippen molar-refractivity contribution in [1.29, 1.82) is 0 Å². The maximum Gasteiger partial charge on any atom is 0.303 e. The van der Waals surface area contributed by atoms with Crippen molar-refractivity contribution in [2.75, 3.05) is 11.0 Å². The molecular weight excluding hydrogens is 425 g/mol. The van der Waals surface area contributed by atoms with Crippen molar-refractivity contribution in [3.8, 4) is 0 Å². The molecule has 0 bridgehead atoms. The summed E-state index contributed by atoms with van der Waals surface area (Å²) in [4.78, 5) is 23.5. The van der Waals surface area contributed by atoms with E-state index in [1.54, 1.807) is 36.4 Å². The van der Waals surface area contributed by atoms with Crippen molar-refractivity contribution in [2.24, 2.45) is 5.10 Å². The minimum atomic E-state index is -3.40. The average molecular weight is 447 g/mol. The second-order valence-corrected chi connectivity index (χ2v) is 9.01. The van der Waals surface area contributed by atoms with Crippen LogP contribution in [-0.2, 0) is 19.6 Å². The molecule has 0 saturated carbocycles. The van der Waals surface area contributed by atoms with Gasteiger partial charge >= 0.3 is 5.97 Å². The molecule has 10 heteroatoms. The van der Waals surface area contributed by atoms with E-state index >= 15 is 0 Å². The second-order valence-electron chi connectivity index (χ2n) is 7.26. The molecule has 8 nitrogen and oxygen atoms in total. The number of carboxylic acid groups (broad SMARTS) is 1. The Morgan fingerprint density at radius 3 is 2.52 bits per heavy atom. The van der Waals surface area contributed by atoms with E-state index in [9.17, 15) is 22.4 Å². The highest BCUT2D eigenvalue weighted by molar-refractivity contribution is 7.92. The summed E-state index contributed by atoms with van der Waals surface area (Å²) in [6, 6.07) is 12.0. The molecule has 0 aromatic heterocycles. The van der Waals surface area contributed by atoms with Crippen LogP contribution in [0.1, 0.15) is 42.9 Å². The Morgan fingerprint density at radius 1 is 1.19 bits per heavy atom. The first-order valence-corrected chi connectivity index (χ1v) is 11.5. The molecule has 0 radical (unpaired) electrons. The lowest BCUT2D eigenvalue weighted by molar-refractivity contribution is -0.137. The lowest BCUT2D eigenvalue weighted by atomic mass is 9.98. The summed E-state index contributed by atoms with van der Waals surface area (Å²) in [7, 11) is -3.40. The topological polar surface area (TPSA) is 116 Å². The maximum atomic E-state index is 13.8. The summed E-state index contributed by atoms with van der Waals surface area (Å²) in [5, 5.41) is 14.5. The third kappa shape index (κ3) is 6.11. The van der Waals surface area contributed by atoms with Crippen LogP contribution in [0.5, 0.6) is 0 Å². The molecule has 0 unspecified atom stereocenters. The predicted octanol–water partition coefficient (Wildman–Crippen LogP) is 3.13. The molecule has 164 valence electrons. The van der Waals surface area contributed by atoms with E-state index in [0.717, 1.165) is 6.26 Å². The summed E-state index contributed by atoms with van der Waals surface area (Å²) in [5.41, 5.74) is 2.27. The van der Waals surface area contributed by atoms with Crippen molar-refractivity contribution in [2.45, 2.75) is 31.7 Å². The Labute approximate surface area is 179 Å². The summed E-state index contributed by atoms with van der Waals surface area (Å²) in [6.45, 7) is 0. The number of aliphatic carboxylic acids is 1. The van der Waals surface area contributed by atoms with Crippen molar-refractivity contribution in [3.63, 3.8) is 0 Å². The monoisotopic (exact) mass is 447 g/mol. The molecule has 0 saturated heterocycles. The Kier molecular flexibility index (Phi) is 6.69. The van der Waals surface area contributed by atoms with E-state index < -0.39 is 27.9 Å². The second kappa shape index (κ2) is 9.25. The summed E-state index contributed by atoms with van der Waals surface area (Å²) in [5.74, 6) is -1.76.